The van der Waals surface area contributed by atoms with Gasteiger partial charge in [0, 0.05) is 17.7 Å². The maximum atomic E-state index is 12.9. The minimum absolute atomic E-state index is 0.286. The van der Waals surface area contributed by atoms with E-state index < -0.39 is 23.7 Å². The summed E-state index contributed by atoms with van der Waals surface area (Å²) in [7, 11) is 0. The molecule has 0 fully saturated rings. The number of nitrogens with zero attached hydrogens (tertiary/aromatic N) is 1. The molecule has 0 saturated carbocycles. The molecule has 2 heterocycles. The summed E-state index contributed by atoms with van der Waals surface area (Å²) in [5, 5.41) is 12.4. The van der Waals surface area contributed by atoms with E-state index in [0.717, 1.165) is 0 Å². The van der Waals surface area contributed by atoms with Crippen molar-refractivity contribution in [1.82, 2.24) is 15.5 Å². The Bertz CT molecular complexity index is 742. The van der Waals surface area contributed by atoms with Gasteiger partial charge >= 0.3 is 5.97 Å². The number of amides is 1. The first-order valence-corrected chi connectivity index (χ1v) is 7.14. The van der Waals surface area contributed by atoms with Gasteiger partial charge < -0.3 is 10.1 Å². The summed E-state index contributed by atoms with van der Waals surface area (Å²) in [5.74, 6) is -0.873. The molecule has 1 amide bonds. The van der Waals surface area contributed by atoms with E-state index in [-0.39, 0.29) is 6.61 Å². The Balaban J connectivity index is 1.76. The molecule has 1 atom stereocenters. The summed E-state index contributed by atoms with van der Waals surface area (Å²) in [6.07, 6.45) is 0. The molecule has 1 aliphatic rings. The lowest BCUT2D eigenvalue weighted by atomic mass is 10.2. The van der Waals surface area contributed by atoms with Crippen LogP contribution in [0.15, 0.2) is 24.3 Å². The maximum absolute atomic E-state index is 12.9. The Morgan fingerprint density at radius 3 is 2.83 bits per heavy atom. The number of carbonyl (C=O) groups is 2. The number of ether oxygens (including phenoxy) is 1. The van der Waals surface area contributed by atoms with E-state index in [1.165, 1.54) is 24.3 Å². The molecule has 0 radical (unpaired) electrons. The summed E-state index contributed by atoms with van der Waals surface area (Å²) in [4.78, 5) is 24.0. The Morgan fingerprint density at radius 1 is 1.39 bits per heavy atom. The summed E-state index contributed by atoms with van der Waals surface area (Å²) in [5.41, 5.74) is 1.60. The van der Waals surface area contributed by atoms with Crippen molar-refractivity contribution in [1.29, 1.82) is 0 Å². The number of hydrogen-bond donors (Lipinski definition) is 3. The fraction of sp³-hybridized carbons (Fsp3) is 0.267. The van der Waals surface area contributed by atoms with Gasteiger partial charge in [0.1, 0.15) is 11.9 Å². The summed E-state index contributed by atoms with van der Waals surface area (Å²) < 4.78 is 17.9. The lowest BCUT2D eigenvalue weighted by Gasteiger charge is -2.08. The zero-order chi connectivity index (χ0) is 16.4. The molecule has 0 saturated heterocycles. The van der Waals surface area contributed by atoms with E-state index in [2.05, 4.69) is 20.8 Å². The van der Waals surface area contributed by atoms with Crippen molar-refractivity contribution >= 4 is 17.7 Å². The predicted octanol–water partition coefficient (Wildman–Crippen LogP) is 1.51. The number of H-pyrrole nitrogens is 1. The molecule has 0 spiro atoms. The number of rotatable bonds is 4. The van der Waals surface area contributed by atoms with E-state index >= 15 is 0 Å². The Labute approximate surface area is 131 Å². The third-order valence-corrected chi connectivity index (χ3v) is 3.53. The van der Waals surface area contributed by atoms with Gasteiger partial charge in [-0.15, -0.1) is 0 Å². The standard InChI is InChI=1S/C15H15FN4O3/c1-2-23-15(22)12-11-10(7-17-12)13(20-19-11)18-14(21)8-3-5-9(16)6-4-8/h3-6,12,17H,2,7H2,1H3,(H2,18,19,20,21). The van der Waals surface area contributed by atoms with Gasteiger partial charge in [-0.2, -0.15) is 5.10 Å². The van der Waals surface area contributed by atoms with Crippen LogP contribution >= 0.6 is 0 Å². The van der Waals surface area contributed by atoms with Gasteiger partial charge in [0.05, 0.1) is 12.3 Å². The van der Waals surface area contributed by atoms with E-state index in [0.29, 0.717) is 29.2 Å². The third-order valence-electron chi connectivity index (χ3n) is 3.53. The summed E-state index contributed by atoms with van der Waals surface area (Å²) in [6.45, 7) is 2.40. The number of carbonyl (C=O) groups excluding carboxylic acids is 2. The molecule has 1 aromatic heterocycles. The van der Waals surface area contributed by atoms with Crippen LogP contribution in [-0.2, 0) is 16.1 Å². The maximum Gasteiger partial charge on any atom is 0.329 e. The fourth-order valence-electron chi connectivity index (χ4n) is 2.41. The van der Waals surface area contributed by atoms with E-state index in [4.69, 9.17) is 4.74 Å². The largest absolute Gasteiger partial charge is 0.465 e. The molecule has 3 rings (SSSR count). The first-order chi connectivity index (χ1) is 11.1. The average molecular weight is 318 g/mol. The number of hydrogen-bond acceptors (Lipinski definition) is 5. The van der Waals surface area contributed by atoms with Crippen LogP contribution < -0.4 is 10.6 Å². The molecule has 7 nitrogen and oxygen atoms in total. The van der Waals surface area contributed by atoms with Crippen molar-refractivity contribution in [3.63, 3.8) is 0 Å². The molecule has 8 heteroatoms. The minimum Gasteiger partial charge on any atom is -0.465 e. The highest BCUT2D eigenvalue weighted by Crippen LogP contribution is 2.29. The van der Waals surface area contributed by atoms with Crippen molar-refractivity contribution in [2.24, 2.45) is 0 Å². The fourth-order valence-corrected chi connectivity index (χ4v) is 2.41. The first kappa shape index (κ1) is 15.2. The molecule has 0 aliphatic carbocycles. The first-order valence-electron chi connectivity index (χ1n) is 7.14. The quantitative estimate of drug-likeness (QED) is 0.743. The lowest BCUT2D eigenvalue weighted by Crippen LogP contribution is -2.25. The highest BCUT2D eigenvalue weighted by atomic mass is 19.1. The second-order valence-electron chi connectivity index (χ2n) is 4.99. The molecule has 3 N–H and O–H groups in total. The molecule has 1 aromatic carbocycles. The van der Waals surface area contributed by atoms with Crippen molar-refractivity contribution in [2.75, 3.05) is 11.9 Å². The van der Waals surface area contributed by atoms with Crippen LogP contribution in [0.2, 0.25) is 0 Å². The molecule has 120 valence electrons. The second kappa shape index (κ2) is 6.17. The van der Waals surface area contributed by atoms with Crippen molar-refractivity contribution in [3.05, 3.63) is 46.9 Å². The summed E-state index contributed by atoms with van der Waals surface area (Å²) >= 11 is 0. The van der Waals surface area contributed by atoms with Crippen LogP contribution in [0, 0.1) is 5.82 Å². The molecule has 0 bridgehead atoms. The van der Waals surface area contributed by atoms with Crippen LogP contribution in [-0.4, -0.2) is 28.7 Å². The van der Waals surface area contributed by atoms with Crippen LogP contribution in [0.25, 0.3) is 0 Å². The van der Waals surface area contributed by atoms with Gasteiger partial charge in [-0.1, -0.05) is 0 Å². The highest BCUT2D eigenvalue weighted by Gasteiger charge is 2.34. The molecular weight excluding hydrogens is 303 g/mol. The van der Waals surface area contributed by atoms with Crippen molar-refractivity contribution < 1.29 is 18.7 Å². The molecule has 1 aliphatic heterocycles. The van der Waals surface area contributed by atoms with Gasteiger partial charge in [-0.3, -0.25) is 15.2 Å². The number of nitrogens with one attached hydrogen (secondary N) is 3. The topological polar surface area (TPSA) is 96.1 Å². The number of halogens is 1. The minimum atomic E-state index is -0.617. The second-order valence-corrected chi connectivity index (χ2v) is 4.99. The molecule has 2 aromatic rings. The number of aromatic amines is 1. The number of fused-ring (bicyclic) bond motifs is 1. The lowest BCUT2D eigenvalue weighted by molar-refractivity contribution is -0.145. The zero-order valence-electron chi connectivity index (χ0n) is 12.4. The Morgan fingerprint density at radius 2 is 2.13 bits per heavy atom. The van der Waals surface area contributed by atoms with Crippen LogP contribution in [0.3, 0.4) is 0 Å². The van der Waals surface area contributed by atoms with Gasteiger partial charge in [-0.25, -0.2) is 9.18 Å². The number of benzene rings is 1. The molecule has 23 heavy (non-hydrogen) atoms. The van der Waals surface area contributed by atoms with Crippen LogP contribution in [0.1, 0.15) is 34.6 Å². The van der Waals surface area contributed by atoms with Crippen LogP contribution in [0.5, 0.6) is 0 Å². The highest BCUT2D eigenvalue weighted by molar-refractivity contribution is 6.04. The van der Waals surface area contributed by atoms with E-state index in [9.17, 15) is 14.0 Å². The average Bonchev–Trinajstić information content (AvgIpc) is 3.11. The molecular formula is C15H15FN4O3. The number of esters is 1. The number of anilines is 1. The van der Waals surface area contributed by atoms with Gasteiger partial charge in [0.2, 0.25) is 0 Å². The smallest absolute Gasteiger partial charge is 0.329 e. The van der Waals surface area contributed by atoms with Crippen molar-refractivity contribution in [2.45, 2.75) is 19.5 Å². The third kappa shape index (κ3) is 2.93. The molecule has 1 unspecified atom stereocenters. The predicted molar refractivity (Wildman–Crippen MR) is 79.2 cm³/mol. The SMILES string of the molecule is CCOC(=O)C1NCc2c(NC(=O)c3ccc(F)cc3)n[nH]c21. The van der Waals surface area contributed by atoms with Crippen LogP contribution in [0.4, 0.5) is 10.2 Å². The monoisotopic (exact) mass is 318 g/mol. The van der Waals surface area contributed by atoms with E-state index in [1.807, 2.05) is 0 Å². The zero-order valence-corrected chi connectivity index (χ0v) is 12.4. The summed E-state index contributed by atoms with van der Waals surface area (Å²) in [6, 6.07) is 4.58. The number of aromatic nitrogens is 2. The van der Waals surface area contributed by atoms with Gasteiger partial charge in [-0.05, 0) is 31.2 Å². The van der Waals surface area contributed by atoms with E-state index in [1.54, 1.807) is 6.92 Å². The normalized spacial score (nSPS) is 16.0. The Kier molecular flexibility index (Phi) is 4.07. The van der Waals surface area contributed by atoms with Gasteiger partial charge in [0.15, 0.2) is 5.82 Å². The Hall–Kier alpha value is -2.74. The van der Waals surface area contributed by atoms with Gasteiger partial charge in [0.25, 0.3) is 5.91 Å². The van der Waals surface area contributed by atoms with Crippen molar-refractivity contribution in [3.8, 4) is 0 Å².